The molecular weight excluding hydrogens is 207 g/mol. The van der Waals surface area contributed by atoms with Crippen molar-refractivity contribution in [3.63, 3.8) is 0 Å². The molecule has 1 rings (SSSR count). The standard InChI is InChI=1S/C12H17FN2O/c1-3-6-14-12(16)8-15-11-7-10(13)5-4-9(11)2/h4-5,7,15H,3,6,8H2,1-2H3,(H,14,16). The lowest BCUT2D eigenvalue weighted by molar-refractivity contribution is -0.119. The highest BCUT2D eigenvalue weighted by molar-refractivity contribution is 5.80. The molecule has 0 fully saturated rings. The Hall–Kier alpha value is -1.58. The SMILES string of the molecule is CCCNC(=O)CNc1cc(F)ccc1C. The van der Waals surface area contributed by atoms with Gasteiger partial charge in [0.1, 0.15) is 5.82 Å². The van der Waals surface area contributed by atoms with Crippen LogP contribution in [0.5, 0.6) is 0 Å². The fraction of sp³-hybridized carbons (Fsp3) is 0.417. The molecule has 88 valence electrons. The highest BCUT2D eigenvalue weighted by Gasteiger charge is 2.03. The quantitative estimate of drug-likeness (QED) is 0.804. The molecule has 16 heavy (non-hydrogen) atoms. The van der Waals surface area contributed by atoms with E-state index in [4.69, 9.17) is 0 Å². The lowest BCUT2D eigenvalue weighted by Crippen LogP contribution is -2.30. The molecule has 0 saturated heterocycles. The Bertz CT molecular complexity index is 366. The molecule has 0 aliphatic heterocycles. The van der Waals surface area contributed by atoms with E-state index in [-0.39, 0.29) is 18.3 Å². The topological polar surface area (TPSA) is 41.1 Å². The van der Waals surface area contributed by atoms with Crippen molar-refractivity contribution in [2.24, 2.45) is 0 Å². The van der Waals surface area contributed by atoms with E-state index in [1.165, 1.54) is 12.1 Å². The van der Waals surface area contributed by atoms with E-state index in [1.54, 1.807) is 6.07 Å². The number of amides is 1. The Balaban J connectivity index is 2.47. The van der Waals surface area contributed by atoms with Crippen LogP contribution < -0.4 is 10.6 Å². The Kier molecular flexibility index (Phi) is 4.76. The molecule has 2 N–H and O–H groups in total. The highest BCUT2D eigenvalue weighted by atomic mass is 19.1. The zero-order valence-corrected chi connectivity index (χ0v) is 9.64. The molecule has 0 heterocycles. The van der Waals surface area contributed by atoms with Gasteiger partial charge in [-0.3, -0.25) is 4.79 Å². The van der Waals surface area contributed by atoms with E-state index < -0.39 is 0 Å². The average molecular weight is 224 g/mol. The molecule has 0 aromatic heterocycles. The van der Waals surface area contributed by atoms with Gasteiger partial charge in [-0.05, 0) is 31.0 Å². The molecule has 1 aromatic rings. The van der Waals surface area contributed by atoms with Crippen LogP contribution in [0.15, 0.2) is 18.2 Å². The summed E-state index contributed by atoms with van der Waals surface area (Å²) in [6.45, 7) is 4.70. The number of anilines is 1. The maximum absolute atomic E-state index is 12.9. The molecule has 4 heteroatoms. The predicted molar refractivity (Wildman–Crippen MR) is 62.9 cm³/mol. The van der Waals surface area contributed by atoms with Crippen molar-refractivity contribution in [2.75, 3.05) is 18.4 Å². The second kappa shape index (κ2) is 6.10. The molecule has 3 nitrogen and oxygen atoms in total. The monoisotopic (exact) mass is 224 g/mol. The van der Waals surface area contributed by atoms with Crippen LogP contribution in [0, 0.1) is 12.7 Å². The van der Waals surface area contributed by atoms with E-state index in [9.17, 15) is 9.18 Å². The van der Waals surface area contributed by atoms with Crippen molar-refractivity contribution in [1.29, 1.82) is 0 Å². The van der Waals surface area contributed by atoms with Crippen molar-refractivity contribution >= 4 is 11.6 Å². The van der Waals surface area contributed by atoms with Crippen LogP contribution in [0.3, 0.4) is 0 Å². The van der Waals surface area contributed by atoms with Gasteiger partial charge < -0.3 is 10.6 Å². The second-order valence-electron chi connectivity index (χ2n) is 3.66. The minimum Gasteiger partial charge on any atom is -0.376 e. The van der Waals surface area contributed by atoms with Crippen molar-refractivity contribution in [3.8, 4) is 0 Å². The maximum atomic E-state index is 12.9. The Morgan fingerprint density at radius 2 is 2.19 bits per heavy atom. The first kappa shape index (κ1) is 12.5. The number of halogens is 1. The summed E-state index contributed by atoms with van der Waals surface area (Å²) in [5, 5.41) is 5.65. The van der Waals surface area contributed by atoms with Crippen LogP contribution in [-0.2, 0) is 4.79 Å². The zero-order chi connectivity index (χ0) is 12.0. The van der Waals surface area contributed by atoms with E-state index >= 15 is 0 Å². The van der Waals surface area contributed by atoms with Crippen LogP contribution in [0.25, 0.3) is 0 Å². The summed E-state index contributed by atoms with van der Waals surface area (Å²) in [5.74, 6) is -0.382. The number of carbonyl (C=O) groups excluding carboxylic acids is 1. The first-order chi connectivity index (χ1) is 7.63. The fourth-order valence-corrected chi connectivity index (χ4v) is 1.29. The highest BCUT2D eigenvalue weighted by Crippen LogP contribution is 2.15. The molecule has 0 saturated carbocycles. The normalized spacial score (nSPS) is 9.94. The number of hydrogen-bond acceptors (Lipinski definition) is 2. The van der Waals surface area contributed by atoms with Gasteiger partial charge in [0.15, 0.2) is 0 Å². The number of rotatable bonds is 5. The van der Waals surface area contributed by atoms with E-state index in [0.717, 1.165) is 12.0 Å². The molecule has 0 spiro atoms. The zero-order valence-electron chi connectivity index (χ0n) is 9.64. The van der Waals surface area contributed by atoms with Crippen LogP contribution in [0.1, 0.15) is 18.9 Å². The summed E-state index contributed by atoms with van der Waals surface area (Å²) in [5.41, 5.74) is 1.58. The number of aryl methyl sites for hydroxylation is 1. The third kappa shape index (κ3) is 3.88. The van der Waals surface area contributed by atoms with Gasteiger partial charge in [0, 0.05) is 12.2 Å². The molecule has 0 bridgehead atoms. The first-order valence-electron chi connectivity index (χ1n) is 5.40. The third-order valence-electron chi connectivity index (χ3n) is 2.21. The largest absolute Gasteiger partial charge is 0.376 e. The molecule has 0 radical (unpaired) electrons. The summed E-state index contributed by atoms with van der Waals surface area (Å²) in [6.07, 6.45) is 0.907. The number of hydrogen-bond donors (Lipinski definition) is 2. The Labute approximate surface area is 95.0 Å². The van der Waals surface area contributed by atoms with Gasteiger partial charge in [0.2, 0.25) is 5.91 Å². The molecule has 0 aliphatic carbocycles. The number of nitrogens with one attached hydrogen (secondary N) is 2. The fourth-order valence-electron chi connectivity index (χ4n) is 1.29. The van der Waals surface area contributed by atoms with Crippen LogP contribution >= 0.6 is 0 Å². The molecule has 0 atom stereocenters. The van der Waals surface area contributed by atoms with E-state index in [2.05, 4.69) is 10.6 Å². The molecule has 1 aromatic carbocycles. The minimum atomic E-state index is -0.304. The Morgan fingerprint density at radius 3 is 2.88 bits per heavy atom. The summed E-state index contributed by atoms with van der Waals surface area (Å²) < 4.78 is 12.9. The van der Waals surface area contributed by atoms with Gasteiger partial charge in [0.05, 0.1) is 6.54 Å². The third-order valence-corrected chi connectivity index (χ3v) is 2.21. The van der Waals surface area contributed by atoms with Gasteiger partial charge in [-0.2, -0.15) is 0 Å². The number of carbonyl (C=O) groups is 1. The number of benzene rings is 1. The summed E-state index contributed by atoms with van der Waals surface area (Å²) in [6, 6.07) is 4.47. The van der Waals surface area contributed by atoms with Crippen molar-refractivity contribution in [1.82, 2.24) is 5.32 Å². The first-order valence-corrected chi connectivity index (χ1v) is 5.40. The van der Waals surface area contributed by atoms with Crippen LogP contribution in [0.2, 0.25) is 0 Å². The minimum absolute atomic E-state index is 0.0782. The molecule has 0 unspecified atom stereocenters. The van der Waals surface area contributed by atoms with Gasteiger partial charge in [0.25, 0.3) is 0 Å². The second-order valence-corrected chi connectivity index (χ2v) is 3.66. The van der Waals surface area contributed by atoms with Gasteiger partial charge in [-0.25, -0.2) is 4.39 Å². The van der Waals surface area contributed by atoms with Crippen LogP contribution in [-0.4, -0.2) is 19.0 Å². The molecule has 0 aliphatic rings. The summed E-state index contributed by atoms with van der Waals surface area (Å²) in [4.78, 5) is 11.3. The van der Waals surface area contributed by atoms with Gasteiger partial charge >= 0.3 is 0 Å². The van der Waals surface area contributed by atoms with Gasteiger partial charge in [-0.15, -0.1) is 0 Å². The lowest BCUT2D eigenvalue weighted by Gasteiger charge is -2.09. The molecular formula is C12H17FN2O. The lowest BCUT2D eigenvalue weighted by atomic mass is 10.2. The summed E-state index contributed by atoms with van der Waals surface area (Å²) in [7, 11) is 0. The average Bonchev–Trinajstić information content (AvgIpc) is 2.27. The van der Waals surface area contributed by atoms with Crippen molar-refractivity contribution in [3.05, 3.63) is 29.6 Å². The van der Waals surface area contributed by atoms with E-state index in [0.29, 0.717) is 12.2 Å². The predicted octanol–water partition coefficient (Wildman–Crippen LogP) is 2.07. The van der Waals surface area contributed by atoms with Gasteiger partial charge in [-0.1, -0.05) is 13.0 Å². The smallest absolute Gasteiger partial charge is 0.239 e. The molecule has 1 amide bonds. The Morgan fingerprint density at radius 1 is 1.44 bits per heavy atom. The van der Waals surface area contributed by atoms with E-state index in [1.807, 2.05) is 13.8 Å². The van der Waals surface area contributed by atoms with Crippen molar-refractivity contribution in [2.45, 2.75) is 20.3 Å². The van der Waals surface area contributed by atoms with Crippen molar-refractivity contribution < 1.29 is 9.18 Å². The maximum Gasteiger partial charge on any atom is 0.239 e. The van der Waals surface area contributed by atoms with Crippen LogP contribution in [0.4, 0.5) is 10.1 Å². The summed E-state index contributed by atoms with van der Waals surface area (Å²) >= 11 is 0.